The van der Waals surface area contributed by atoms with Crippen molar-refractivity contribution in [2.75, 3.05) is 18.9 Å². The van der Waals surface area contributed by atoms with E-state index in [-0.39, 0.29) is 0 Å². The molecule has 0 radical (unpaired) electrons. The van der Waals surface area contributed by atoms with Crippen LogP contribution in [0.25, 0.3) is 0 Å². The predicted molar refractivity (Wildman–Crippen MR) is 47.3 cm³/mol. The fraction of sp³-hybridized carbons (Fsp3) is 1.00. The van der Waals surface area contributed by atoms with Gasteiger partial charge in [0, 0.05) is 0 Å². The van der Waals surface area contributed by atoms with E-state index in [9.17, 15) is 0 Å². The molecule has 0 bridgehead atoms. The molecule has 60 valence electrons. The summed E-state index contributed by atoms with van der Waals surface area (Å²) in [5.74, 6) is 0. The lowest BCUT2D eigenvalue weighted by Crippen LogP contribution is -1.88. The van der Waals surface area contributed by atoms with E-state index in [0.717, 1.165) is 15.2 Å². The van der Waals surface area contributed by atoms with Gasteiger partial charge in [-0.2, -0.15) is 0 Å². The molecule has 10 heavy (non-hydrogen) atoms. The van der Waals surface area contributed by atoms with Crippen LogP contribution in [-0.4, -0.2) is 25.0 Å². The van der Waals surface area contributed by atoms with Crippen LogP contribution in [0.4, 0.5) is 0 Å². The summed E-state index contributed by atoms with van der Waals surface area (Å²) in [4.78, 5) is 0. The zero-order valence-electron chi connectivity index (χ0n) is 6.73. The van der Waals surface area contributed by atoms with Crippen LogP contribution in [0.15, 0.2) is 0 Å². The quantitative estimate of drug-likeness (QED) is 0.330. The van der Waals surface area contributed by atoms with Gasteiger partial charge < -0.3 is 4.74 Å². The molecule has 1 nitrogen and oxygen atoms in total. The first-order chi connectivity index (χ1) is 4.93. The van der Waals surface area contributed by atoms with Crippen molar-refractivity contribution in [3.05, 3.63) is 0 Å². The maximum Gasteiger partial charge on any atom is 0.0846 e. The van der Waals surface area contributed by atoms with Crippen LogP contribution in [0.3, 0.4) is 0 Å². The first-order valence-corrected chi connectivity index (χ1v) is 5.67. The SMILES string of the molecule is CCCCCPCC1CO1. The Morgan fingerprint density at radius 3 is 2.90 bits per heavy atom. The van der Waals surface area contributed by atoms with Crippen LogP contribution in [-0.2, 0) is 4.74 Å². The van der Waals surface area contributed by atoms with Crippen LogP contribution in [0.1, 0.15) is 26.2 Å². The molecule has 2 unspecified atom stereocenters. The Morgan fingerprint density at radius 1 is 1.50 bits per heavy atom. The van der Waals surface area contributed by atoms with E-state index < -0.39 is 0 Å². The fourth-order valence-corrected chi connectivity index (χ4v) is 2.21. The number of rotatable bonds is 6. The van der Waals surface area contributed by atoms with Gasteiger partial charge in [0.05, 0.1) is 12.7 Å². The molecule has 1 saturated heterocycles. The average Bonchev–Trinajstić information content (AvgIpc) is 2.71. The second-order valence-corrected chi connectivity index (χ2v) is 4.27. The number of unbranched alkanes of at least 4 members (excludes halogenated alkanes) is 2. The Hall–Kier alpha value is 0.390. The maximum absolute atomic E-state index is 5.12. The summed E-state index contributed by atoms with van der Waals surface area (Å²) in [5, 5.41) is 0. The van der Waals surface area contributed by atoms with Crippen LogP contribution in [0.5, 0.6) is 0 Å². The highest BCUT2D eigenvalue weighted by Gasteiger charge is 2.20. The molecule has 1 aliphatic rings. The molecule has 1 aliphatic heterocycles. The molecule has 0 aromatic heterocycles. The maximum atomic E-state index is 5.12. The molecule has 0 saturated carbocycles. The van der Waals surface area contributed by atoms with Crippen molar-refractivity contribution in [2.45, 2.75) is 32.3 Å². The van der Waals surface area contributed by atoms with Gasteiger partial charge in [-0.05, 0) is 18.7 Å². The molecule has 2 heteroatoms. The molecule has 2 atom stereocenters. The fourth-order valence-electron chi connectivity index (χ4n) is 0.949. The first kappa shape index (κ1) is 8.49. The van der Waals surface area contributed by atoms with E-state index in [4.69, 9.17) is 4.74 Å². The highest BCUT2D eigenvalue weighted by atomic mass is 31.1. The van der Waals surface area contributed by atoms with Crippen molar-refractivity contribution in [1.82, 2.24) is 0 Å². The molecule has 1 fully saturated rings. The highest BCUT2D eigenvalue weighted by Crippen LogP contribution is 2.21. The predicted octanol–water partition coefficient (Wildman–Crippen LogP) is 2.25. The van der Waals surface area contributed by atoms with E-state index >= 15 is 0 Å². The summed E-state index contributed by atoms with van der Waals surface area (Å²) < 4.78 is 5.12. The van der Waals surface area contributed by atoms with Crippen molar-refractivity contribution in [3.8, 4) is 0 Å². The van der Waals surface area contributed by atoms with Crippen molar-refractivity contribution < 1.29 is 4.74 Å². The summed E-state index contributed by atoms with van der Waals surface area (Å²) in [5.41, 5.74) is 0. The van der Waals surface area contributed by atoms with Crippen molar-refractivity contribution in [3.63, 3.8) is 0 Å². The number of hydrogen-bond donors (Lipinski definition) is 0. The van der Waals surface area contributed by atoms with Gasteiger partial charge in [-0.25, -0.2) is 0 Å². The second-order valence-electron chi connectivity index (χ2n) is 2.87. The van der Waals surface area contributed by atoms with E-state index in [1.165, 1.54) is 31.6 Å². The summed E-state index contributed by atoms with van der Waals surface area (Å²) in [6.45, 7) is 3.30. The zero-order chi connectivity index (χ0) is 7.23. The Bertz CT molecular complexity index is 81.3. The van der Waals surface area contributed by atoms with E-state index in [1.54, 1.807) is 0 Å². The molecular formula is C8H17OP. The van der Waals surface area contributed by atoms with Crippen molar-refractivity contribution in [1.29, 1.82) is 0 Å². The smallest absolute Gasteiger partial charge is 0.0846 e. The van der Waals surface area contributed by atoms with Gasteiger partial charge in [-0.3, -0.25) is 0 Å². The summed E-state index contributed by atoms with van der Waals surface area (Å²) in [7, 11) is 1.16. The highest BCUT2D eigenvalue weighted by molar-refractivity contribution is 7.38. The minimum absolute atomic E-state index is 0.667. The van der Waals surface area contributed by atoms with Gasteiger partial charge in [0.15, 0.2) is 0 Å². The van der Waals surface area contributed by atoms with E-state index in [1.807, 2.05) is 0 Å². The van der Waals surface area contributed by atoms with Crippen molar-refractivity contribution in [2.24, 2.45) is 0 Å². The van der Waals surface area contributed by atoms with Gasteiger partial charge in [0.1, 0.15) is 0 Å². The zero-order valence-corrected chi connectivity index (χ0v) is 7.73. The number of hydrogen-bond acceptors (Lipinski definition) is 1. The lowest BCUT2D eigenvalue weighted by Gasteiger charge is -1.96. The van der Waals surface area contributed by atoms with Gasteiger partial charge in [0.2, 0.25) is 0 Å². The first-order valence-electron chi connectivity index (χ1n) is 4.26. The molecule has 0 aromatic rings. The lowest BCUT2D eigenvalue weighted by molar-refractivity contribution is 0.425. The van der Waals surface area contributed by atoms with E-state index in [0.29, 0.717) is 6.10 Å². The van der Waals surface area contributed by atoms with Crippen LogP contribution < -0.4 is 0 Å². The van der Waals surface area contributed by atoms with E-state index in [2.05, 4.69) is 6.92 Å². The number of epoxide rings is 1. The Morgan fingerprint density at radius 2 is 2.30 bits per heavy atom. The third-order valence-corrected chi connectivity index (χ3v) is 3.18. The normalized spacial score (nSPS) is 24.3. The molecule has 1 rings (SSSR count). The molecule has 0 amide bonds. The van der Waals surface area contributed by atoms with Crippen LogP contribution in [0.2, 0.25) is 0 Å². The largest absolute Gasteiger partial charge is 0.373 e. The Balaban J connectivity index is 1.68. The lowest BCUT2D eigenvalue weighted by atomic mass is 10.3. The van der Waals surface area contributed by atoms with Crippen molar-refractivity contribution >= 4 is 8.58 Å². The molecule has 0 aliphatic carbocycles. The van der Waals surface area contributed by atoms with Crippen LogP contribution in [0, 0.1) is 0 Å². The average molecular weight is 160 g/mol. The molecule has 0 spiro atoms. The molecule has 1 heterocycles. The third kappa shape index (κ3) is 4.24. The van der Waals surface area contributed by atoms with Gasteiger partial charge in [0.25, 0.3) is 0 Å². The molecule has 0 aromatic carbocycles. The summed E-state index contributed by atoms with van der Waals surface area (Å²) in [6, 6.07) is 0. The monoisotopic (exact) mass is 160 g/mol. The Labute approximate surface area is 65.3 Å². The van der Waals surface area contributed by atoms with Crippen LogP contribution >= 0.6 is 8.58 Å². The minimum atomic E-state index is 0.667. The summed E-state index contributed by atoms with van der Waals surface area (Å²) in [6.07, 6.45) is 7.64. The van der Waals surface area contributed by atoms with Gasteiger partial charge >= 0.3 is 0 Å². The molecule has 0 N–H and O–H groups in total. The van der Waals surface area contributed by atoms with Gasteiger partial charge in [-0.15, -0.1) is 8.58 Å². The second kappa shape index (κ2) is 5.09. The Kier molecular flexibility index (Phi) is 4.32. The standard InChI is InChI=1S/C8H17OP/c1-2-3-4-5-10-7-8-6-9-8/h8,10H,2-7H2,1H3. The minimum Gasteiger partial charge on any atom is -0.373 e. The topological polar surface area (TPSA) is 12.5 Å². The van der Waals surface area contributed by atoms with Gasteiger partial charge in [-0.1, -0.05) is 19.8 Å². The molecular weight excluding hydrogens is 143 g/mol. The summed E-state index contributed by atoms with van der Waals surface area (Å²) >= 11 is 0. The third-order valence-electron chi connectivity index (χ3n) is 1.73. The number of ether oxygens (including phenoxy) is 1.